The van der Waals surface area contributed by atoms with Crippen LogP contribution in [0.2, 0.25) is 0 Å². The zero-order valence-corrected chi connectivity index (χ0v) is 18.8. The molecule has 180 valence electrons. The normalized spacial score (nSPS) is 25.1. The Bertz CT molecular complexity index is 1070. The van der Waals surface area contributed by atoms with E-state index in [4.69, 9.17) is 9.47 Å². The summed E-state index contributed by atoms with van der Waals surface area (Å²) in [4.78, 5) is 24.8. The number of hydrogen-bond donors (Lipinski definition) is 3. The van der Waals surface area contributed by atoms with E-state index in [0.717, 1.165) is 24.1 Å². The summed E-state index contributed by atoms with van der Waals surface area (Å²) in [6.45, 7) is -0.128. The van der Waals surface area contributed by atoms with Crippen molar-refractivity contribution in [3.63, 3.8) is 0 Å². The van der Waals surface area contributed by atoms with E-state index in [-0.39, 0.29) is 49.2 Å². The van der Waals surface area contributed by atoms with E-state index >= 15 is 0 Å². The van der Waals surface area contributed by atoms with Crippen LogP contribution in [0.5, 0.6) is 5.75 Å². The maximum absolute atomic E-state index is 13.8. The van der Waals surface area contributed by atoms with Crippen molar-refractivity contribution >= 4 is 17.5 Å². The smallest absolute Gasteiger partial charge is 0.224 e. The molecule has 2 amide bonds. The number of aliphatic hydroxyl groups excluding tert-OH is 1. The van der Waals surface area contributed by atoms with E-state index in [0.29, 0.717) is 30.1 Å². The molecule has 2 heterocycles. The fourth-order valence-corrected chi connectivity index (χ4v) is 4.88. The number of halogens is 1. The first-order chi connectivity index (χ1) is 16.5. The van der Waals surface area contributed by atoms with Gasteiger partial charge in [-0.1, -0.05) is 18.2 Å². The Balaban J connectivity index is 1.23. The Labute approximate surface area is 197 Å². The summed E-state index contributed by atoms with van der Waals surface area (Å²) >= 11 is 0. The molecule has 3 N–H and O–H groups in total. The van der Waals surface area contributed by atoms with Crippen molar-refractivity contribution in [3.05, 3.63) is 59.4 Å². The zero-order valence-electron chi connectivity index (χ0n) is 18.8. The van der Waals surface area contributed by atoms with Crippen molar-refractivity contribution in [1.82, 2.24) is 5.32 Å². The molecular formula is C26H29FN2O5. The maximum atomic E-state index is 13.8. The van der Waals surface area contributed by atoms with Crippen LogP contribution in [-0.4, -0.2) is 41.8 Å². The second kappa shape index (κ2) is 9.72. The van der Waals surface area contributed by atoms with E-state index in [1.807, 2.05) is 18.2 Å². The summed E-state index contributed by atoms with van der Waals surface area (Å²) < 4.78 is 25.9. The number of rotatable bonds is 8. The lowest BCUT2D eigenvalue weighted by molar-refractivity contribution is -0.142. The largest absolute Gasteiger partial charge is 0.487 e. The van der Waals surface area contributed by atoms with Gasteiger partial charge in [0, 0.05) is 35.7 Å². The van der Waals surface area contributed by atoms with Gasteiger partial charge in [-0.05, 0) is 49.4 Å². The van der Waals surface area contributed by atoms with Gasteiger partial charge in [0.25, 0.3) is 0 Å². The van der Waals surface area contributed by atoms with Crippen LogP contribution in [-0.2, 0) is 20.9 Å². The van der Waals surface area contributed by atoms with Crippen LogP contribution >= 0.6 is 0 Å². The van der Waals surface area contributed by atoms with Gasteiger partial charge in [-0.3, -0.25) is 9.59 Å². The predicted molar refractivity (Wildman–Crippen MR) is 123 cm³/mol. The van der Waals surface area contributed by atoms with E-state index < -0.39 is 12.2 Å². The molecule has 0 radical (unpaired) electrons. The molecule has 4 atom stereocenters. The van der Waals surface area contributed by atoms with E-state index in [1.54, 1.807) is 18.2 Å². The van der Waals surface area contributed by atoms with Crippen molar-refractivity contribution in [2.45, 2.75) is 62.9 Å². The molecule has 2 aliphatic heterocycles. The van der Waals surface area contributed by atoms with Gasteiger partial charge in [-0.15, -0.1) is 0 Å². The first kappa shape index (κ1) is 22.8. The van der Waals surface area contributed by atoms with Crippen molar-refractivity contribution in [2.75, 3.05) is 11.9 Å². The number of carbonyl (C=O) groups excluding carboxylic acids is 2. The monoisotopic (exact) mass is 468 g/mol. The first-order valence-corrected chi connectivity index (χ1v) is 11.9. The highest BCUT2D eigenvalue weighted by atomic mass is 19.1. The third-order valence-corrected chi connectivity index (χ3v) is 6.80. The highest BCUT2D eigenvalue weighted by Crippen LogP contribution is 2.47. The Hall–Kier alpha value is -2.97. The molecule has 0 aromatic heterocycles. The highest BCUT2D eigenvalue weighted by molar-refractivity contribution is 5.91. The van der Waals surface area contributed by atoms with Gasteiger partial charge in [0.2, 0.25) is 11.8 Å². The van der Waals surface area contributed by atoms with Gasteiger partial charge in [0.1, 0.15) is 23.8 Å². The van der Waals surface area contributed by atoms with Crippen LogP contribution in [0.4, 0.5) is 10.1 Å². The van der Waals surface area contributed by atoms with Crippen LogP contribution in [0.3, 0.4) is 0 Å². The number of benzene rings is 2. The summed E-state index contributed by atoms with van der Waals surface area (Å²) in [5, 5.41) is 15.6. The quantitative estimate of drug-likeness (QED) is 0.553. The van der Waals surface area contributed by atoms with Crippen molar-refractivity contribution in [2.24, 2.45) is 5.92 Å². The zero-order chi connectivity index (χ0) is 23.7. The molecule has 34 heavy (non-hydrogen) atoms. The molecule has 0 bridgehead atoms. The van der Waals surface area contributed by atoms with Crippen molar-refractivity contribution in [3.8, 4) is 5.75 Å². The summed E-state index contributed by atoms with van der Waals surface area (Å²) in [5.74, 6) is 0.562. The third-order valence-electron chi connectivity index (χ3n) is 6.80. The molecule has 2 fully saturated rings. The van der Waals surface area contributed by atoms with Crippen molar-refractivity contribution in [1.29, 1.82) is 0 Å². The molecule has 2 aromatic carbocycles. The summed E-state index contributed by atoms with van der Waals surface area (Å²) in [6, 6.07) is 11.9. The third kappa shape index (κ3) is 5.08. The number of aliphatic hydroxyl groups is 1. The van der Waals surface area contributed by atoms with Gasteiger partial charge >= 0.3 is 0 Å². The summed E-state index contributed by atoms with van der Waals surface area (Å²) in [7, 11) is 0. The minimum Gasteiger partial charge on any atom is -0.487 e. The highest BCUT2D eigenvalue weighted by Gasteiger charge is 2.46. The molecule has 1 saturated carbocycles. The summed E-state index contributed by atoms with van der Waals surface area (Å²) in [6.07, 6.45) is 2.09. The summed E-state index contributed by atoms with van der Waals surface area (Å²) in [5.41, 5.74) is 2.09. The molecule has 7 nitrogen and oxygen atoms in total. The Morgan fingerprint density at radius 2 is 1.91 bits per heavy atom. The second-order valence-electron chi connectivity index (χ2n) is 9.42. The molecule has 1 saturated heterocycles. The van der Waals surface area contributed by atoms with E-state index in [9.17, 15) is 19.1 Å². The SMILES string of the molecule is O=C(C[C@H]1C[C@H]2c3cc(NC(=O)CC4CC4)ccc3O[C@H]2[C@@H](CO)O1)NCc1ccccc1F. The van der Waals surface area contributed by atoms with Gasteiger partial charge in [0.15, 0.2) is 0 Å². The molecule has 5 rings (SSSR count). The first-order valence-electron chi connectivity index (χ1n) is 11.9. The molecule has 0 unspecified atom stereocenters. The number of ether oxygens (including phenoxy) is 2. The average molecular weight is 469 g/mol. The molecule has 1 aliphatic carbocycles. The Kier molecular flexibility index (Phi) is 6.52. The molecule has 8 heteroatoms. The fourth-order valence-electron chi connectivity index (χ4n) is 4.88. The fraction of sp³-hybridized carbons (Fsp3) is 0.462. The molecule has 3 aliphatic rings. The number of anilines is 1. The maximum Gasteiger partial charge on any atom is 0.224 e. The van der Waals surface area contributed by atoms with Gasteiger partial charge in [-0.25, -0.2) is 4.39 Å². The van der Waals surface area contributed by atoms with E-state index in [2.05, 4.69) is 10.6 Å². The number of hydrogen-bond acceptors (Lipinski definition) is 5. The van der Waals surface area contributed by atoms with Gasteiger partial charge in [0.05, 0.1) is 19.1 Å². The number of nitrogens with one attached hydrogen (secondary N) is 2. The second-order valence-corrected chi connectivity index (χ2v) is 9.42. The van der Waals surface area contributed by atoms with Gasteiger partial charge in [-0.2, -0.15) is 0 Å². The van der Waals surface area contributed by atoms with Crippen LogP contribution in [0.1, 0.15) is 49.1 Å². The predicted octanol–water partition coefficient (Wildman–Crippen LogP) is 3.27. The van der Waals surface area contributed by atoms with E-state index in [1.165, 1.54) is 6.07 Å². The lowest BCUT2D eigenvalue weighted by atomic mass is 9.84. The number of fused-ring (bicyclic) bond motifs is 3. The van der Waals surface area contributed by atoms with Crippen LogP contribution in [0, 0.1) is 11.7 Å². The minimum absolute atomic E-state index is 0.0162. The Morgan fingerprint density at radius 3 is 2.68 bits per heavy atom. The molecule has 0 spiro atoms. The molecule has 2 aromatic rings. The number of amides is 2. The minimum atomic E-state index is -0.566. The topological polar surface area (TPSA) is 96.9 Å². The van der Waals surface area contributed by atoms with Gasteiger partial charge < -0.3 is 25.2 Å². The molecular weight excluding hydrogens is 439 g/mol. The lowest BCUT2D eigenvalue weighted by Crippen LogP contribution is -2.47. The number of carbonyl (C=O) groups is 2. The Morgan fingerprint density at radius 1 is 1.09 bits per heavy atom. The standard InChI is InChI=1S/C26H29FN2O5/c27-21-4-2-1-3-16(21)13-28-24(31)12-18-11-20-19-10-17(29-25(32)9-15-5-6-15)7-8-22(19)34-26(20)23(14-30)33-18/h1-4,7-8,10,15,18,20,23,26,30H,5-6,9,11-14H2,(H,28,31)(H,29,32)/t18-,20+,23-,26-/m1/s1. The average Bonchev–Trinajstić information content (AvgIpc) is 3.56. The lowest BCUT2D eigenvalue weighted by Gasteiger charge is -2.37. The van der Waals surface area contributed by atoms with Crippen LogP contribution in [0.25, 0.3) is 0 Å². The van der Waals surface area contributed by atoms with Crippen LogP contribution in [0.15, 0.2) is 42.5 Å². The van der Waals surface area contributed by atoms with Crippen molar-refractivity contribution < 1.29 is 28.6 Å². The van der Waals surface area contributed by atoms with Crippen LogP contribution < -0.4 is 15.4 Å².